The number of halogens is 1. The van der Waals surface area contributed by atoms with Crippen molar-refractivity contribution >= 4 is 39.7 Å². The molecule has 9 heteroatoms. The van der Waals surface area contributed by atoms with Crippen LogP contribution in [0.3, 0.4) is 0 Å². The number of nitrogens with zero attached hydrogens (tertiary/aromatic N) is 3. The summed E-state index contributed by atoms with van der Waals surface area (Å²) in [4.78, 5) is 29.1. The van der Waals surface area contributed by atoms with E-state index in [1.807, 2.05) is 30.5 Å². The molecule has 1 aromatic heterocycles. The standard InChI is InChI=1S/C20H16ClN3O4S/c1-11-5-6-12(7-15(11)21)16-10-29-20(22-16)23-9-13-3-2-4-17(24(27)28)14(13)8-18(23)19(25)26/h2-7,10,18H,8-9H2,1H3,(H,25,26). The third kappa shape index (κ3) is 3.56. The molecule has 1 atom stereocenters. The molecular formula is C20H16ClN3O4S. The van der Waals surface area contributed by atoms with Gasteiger partial charge >= 0.3 is 5.97 Å². The summed E-state index contributed by atoms with van der Waals surface area (Å²) >= 11 is 7.55. The smallest absolute Gasteiger partial charge is 0.326 e. The van der Waals surface area contributed by atoms with Crippen LogP contribution in [0, 0.1) is 17.0 Å². The van der Waals surface area contributed by atoms with Crippen molar-refractivity contribution in [1.82, 2.24) is 4.98 Å². The van der Waals surface area contributed by atoms with Crippen LogP contribution in [0.25, 0.3) is 11.3 Å². The van der Waals surface area contributed by atoms with Gasteiger partial charge < -0.3 is 10.0 Å². The zero-order valence-electron chi connectivity index (χ0n) is 15.3. The Hall–Kier alpha value is -2.97. The van der Waals surface area contributed by atoms with Crippen LogP contribution in [0.5, 0.6) is 0 Å². The predicted molar refractivity (Wildman–Crippen MR) is 112 cm³/mol. The van der Waals surface area contributed by atoms with Gasteiger partial charge in [0, 0.05) is 40.6 Å². The highest BCUT2D eigenvalue weighted by atomic mass is 35.5. The number of fused-ring (bicyclic) bond motifs is 1. The fraction of sp³-hybridized carbons (Fsp3) is 0.200. The second-order valence-corrected chi connectivity index (χ2v) is 8.08. The Bertz CT molecular complexity index is 1130. The lowest BCUT2D eigenvalue weighted by Crippen LogP contribution is -2.45. The monoisotopic (exact) mass is 429 g/mol. The molecule has 1 N–H and O–H groups in total. The molecule has 0 spiro atoms. The summed E-state index contributed by atoms with van der Waals surface area (Å²) in [5.74, 6) is -1.04. The van der Waals surface area contributed by atoms with E-state index in [0.29, 0.717) is 21.4 Å². The number of aryl methyl sites for hydroxylation is 1. The Morgan fingerprint density at radius 1 is 1.38 bits per heavy atom. The number of nitro groups is 1. The van der Waals surface area contributed by atoms with Gasteiger partial charge in [-0.05, 0) is 24.1 Å². The molecule has 0 radical (unpaired) electrons. The number of nitro benzene ring substituents is 1. The fourth-order valence-electron chi connectivity index (χ4n) is 3.48. The van der Waals surface area contributed by atoms with Crippen molar-refractivity contribution in [1.29, 1.82) is 0 Å². The number of aliphatic carboxylic acids is 1. The molecule has 1 aliphatic heterocycles. The maximum absolute atomic E-state index is 11.9. The van der Waals surface area contributed by atoms with E-state index in [1.54, 1.807) is 17.0 Å². The highest BCUT2D eigenvalue weighted by Gasteiger charge is 2.36. The van der Waals surface area contributed by atoms with E-state index in [1.165, 1.54) is 17.4 Å². The first-order chi connectivity index (χ1) is 13.8. The number of carboxylic acids is 1. The SMILES string of the molecule is Cc1ccc(-c2csc(N3Cc4cccc([N+](=O)[O-])c4CC3C(=O)O)n2)cc1Cl. The van der Waals surface area contributed by atoms with Gasteiger partial charge in [-0.1, -0.05) is 35.9 Å². The van der Waals surface area contributed by atoms with Gasteiger partial charge in [-0.2, -0.15) is 0 Å². The van der Waals surface area contributed by atoms with Crippen LogP contribution in [0.2, 0.25) is 5.02 Å². The number of anilines is 1. The minimum Gasteiger partial charge on any atom is -0.480 e. The zero-order chi connectivity index (χ0) is 20.7. The molecule has 0 saturated carbocycles. The molecule has 0 bridgehead atoms. The molecule has 148 valence electrons. The normalized spacial score (nSPS) is 15.8. The van der Waals surface area contributed by atoms with Crippen LogP contribution in [-0.4, -0.2) is 27.0 Å². The number of hydrogen-bond acceptors (Lipinski definition) is 6. The molecule has 2 heterocycles. The molecule has 1 aliphatic rings. The van der Waals surface area contributed by atoms with Gasteiger partial charge in [0.1, 0.15) is 6.04 Å². The second-order valence-electron chi connectivity index (χ2n) is 6.84. The Labute approximate surface area is 175 Å². The lowest BCUT2D eigenvalue weighted by atomic mass is 9.93. The van der Waals surface area contributed by atoms with Crippen LogP contribution in [-0.2, 0) is 17.8 Å². The lowest BCUT2D eigenvalue weighted by Gasteiger charge is -2.33. The van der Waals surface area contributed by atoms with E-state index in [0.717, 1.165) is 16.7 Å². The van der Waals surface area contributed by atoms with Crippen LogP contribution >= 0.6 is 22.9 Å². The van der Waals surface area contributed by atoms with E-state index in [4.69, 9.17) is 11.6 Å². The minimum atomic E-state index is -1.04. The average Bonchev–Trinajstić information content (AvgIpc) is 3.18. The number of thiazole rings is 1. The van der Waals surface area contributed by atoms with E-state index < -0.39 is 16.9 Å². The van der Waals surface area contributed by atoms with Crippen molar-refractivity contribution < 1.29 is 14.8 Å². The Morgan fingerprint density at radius 2 is 2.17 bits per heavy atom. The molecule has 0 aliphatic carbocycles. The molecule has 1 unspecified atom stereocenters. The lowest BCUT2D eigenvalue weighted by molar-refractivity contribution is -0.385. The summed E-state index contributed by atoms with van der Waals surface area (Å²) in [6, 6.07) is 9.56. The summed E-state index contributed by atoms with van der Waals surface area (Å²) in [7, 11) is 0. The van der Waals surface area contributed by atoms with Crippen molar-refractivity contribution in [3.8, 4) is 11.3 Å². The van der Waals surface area contributed by atoms with E-state index in [-0.39, 0.29) is 18.7 Å². The third-order valence-electron chi connectivity index (χ3n) is 5.05. The van der Waals surface area contributed by atoms with E-state index >= 15 is 0 Å². The fourth-order valence-corrected chi connectivity index (χ4v) is 4.54. The van der Waals surface area contributed by atoms with Crippen molar-refractivity contribution in [2.75, 3.05) is 4.90 Å². The zero-order valence-corrected chi connectivity index (χ0v) is 16.9. The molecular weight excluding hydrogens is 414 g/mol. The van der Waals surface area contributed by atoms with Gasteiger partial charge in [-0.25, -0.2) is 9.78 Å². The summed E-state index contributed by atoms with van der Waals surface area (Å²) in [6.45, 7) is 2.16. The van der Waals surface area contributed by atoms with Crippen molar-refractivity contribution in [3.05, 3.63) is 73.6 Å². The van der Waals surface area contributed by atoms with Crippen molar-refractivity contribution in [2.45, 2.75) is 25.9 Å². The molecule has 4 rings (SSSR count). The van der Waals surface area contributed by atoms with Crippen LogP contribution < -0.4 is 4.90 Å². The summed E-state index contributed by atoms with van der Waals surface area (Å²) in [5.41, 5.74) is 3.70. The maximum Gasteiger partial charge on any atom is 0.326 e. The maximum atomic E-state index is 11.9. The van der Waals surface area contributed by atoms with Gasteiger partial charge in [0.25, 0.3) is 5.69 Å². The molecule has 29 heavy (non-hydrogen) atoms. The first-order valence-corrected chi connectivity index (χ1v) is 10.1. The van der Waals surface area contributed by atoms with Crippen LogP contribution in [0.4, 0.5) is 10.8 Å². The number of benzene rings is 2. The number of rotatable bonds is 4. The van der Waals surface area contributed by atoms with Gasteiger partial charge in [0.15, 0.2) is 5.13 Å². The molecule has 0 saturated heterocycles. The minimum absolute atomic E-state index is 0.0393. The second kappa shape index (κ2) is 7.46. The van der Waals surface area contributed by atoms with E-state index in [2.05, 4.69) is 4.98 Å². The molecule has 2 aromatic carbocycles. The first kappa shape index (κ1) is 19.4. The summed E-state index contributed by atoms with van der Waals surface area (Å²) < 4.78 is 0. The van der Waals surface area contributed by atoms with Gasteiger partial charge in [0.2, 0.25) is 0 Å². The quantitative estimate of drug-likeness (QED) is 0.477. The highest BCUT2D eigenvalue weighted by Crippen LogP contribution is 2.36. The number of aromatic nitrogens is 1. The first-order valence-electron chi connectivity index (χ1n) is 8.82. The van der Waals surface area contributed by atoms with Crippen LogP contribution in [0.15, 0.2) is 41.8 Å². The summed E-state index contributed by atoms with van der Waals surface area (Å²) in [6.07, 6.45) is 0.0487. The predicted octanol–water partition coefficient (Wildman–Crippen LogP) is 4.70. The largest absolute Gasteiger partial charge is 0.480 e. The Kier molecular flexibility index (Phi) is 4.97. The third-order valence-corrected chi connectivity index (χ3v) is 6.33. The van der Waals surface area contributed by atoms with E-state index in [9.17, 15) is 20.0 Å². The molecule has 0 fully saturated rings. The summed E-state index contributed by atoms with van der Waals surface area (Å²) in [5, 5.41) is 24.2. The Balaban J connectivity index is 1.72. The molecule has 7 nitrogen and oxygen atoms in total. The van der Waals surface area contributed by atoms with Gasteiger partial charge in [-0.15, -0.1) is 11.3 Å². The van der Waals surface area contributed by atoms with Crippen molar-refractivity contribution in [2.24, 2.45) is 0 Å². The van der Waals surface area contributed by atoms with Gasteiger partial charge in [0.05, 0.1) is 10.6 Å². The molecule has 0 amide bonds. The topological polar surface area (TPSA) is 96.6 Å². The van der Waals surface area contributed by atoms with Crippen LogP contribution in [0.1, 0.15) is 16.7 Å². The Morgan fingerprint density at radius 3 is 2.86 bits per heavy atom. The number of hydrogen-bond donors (Lipinski definition) is 1. The average molecular weight is 430 g/mol. The number of carboxylic acid groups (broad SMARTS) is 1. The van der Waals surface area contributed by atoms with Gasteiger partial charge in [-0.3, -0.25) is 10.1 Å². The number of carbonyl (C=O) groups is 1. The van der Waals surface area contributed by atoms with Crippen molar-refractivity contribution in [3.63, 3.8) is 0 Å². The molecule has 3 aromatic rings. The highest BCUT2D eigenvalue weighted by molar-refractivity contribution is 7.14.